The first-order valence-corrected chi connectivity index (χ1v) is 10.4. The summed E-state index contributed by atoms with van der Waals surface area (Å²) in [5.74, 6) is -0.508. The SMILES string of the molecule is COc1ccc2c(c1)C(NC(=O)C(=O)NCC(c1ccc(Cl)cc1)N(C)C)CCC2. The van der Waals surface area contributed by atoms with Crippen molar-refractivity contribution in [1.29, 1.82) is 0 Å². The molecule has 2 amide bonds. The molecule has 0 bridgehead atoms. The summed E-state index contributed by atoms with van der Waals surface area (Å²) in [6.07, 6.45) is 2.72. The van der Waals surface area contributed by atoms with Crippen LogP contribution in [0.25, 0.3) is 0 Å². The van der Waals surface area contributed by atoms with Gasteiger partial charge in [-0.25, -0.2) is 0 Å². The van der Waals surface area contributed by atoms with Gasteiger partial charge in [-0.05, 0) is 74.3 Å². The second-order valence-electron chi connectivity index (χ2n) is 7.72. The van der Waals surface area contributed by atoms with Crippen LogP contribution in [-0.2, 0) is 16.0 Å². The summed E-state index contributed by atoms with van der Waals surface area (Å²) in [7, 11) is 5.48. The number of amides is 2. The zero-order valence-electron chi connectivity index (χ0n) is 17.6. The Morgan fingerprint density at radius 2 is 1.90 bits per heavy atom. The van der Waals surface area contributed by atoms with Gasteiger partial charge in [0.2, 0.25) is 0 Å². The quantitative estimate of drug-likeness (QED) is 0.691. The number of aryl methyl sites for hydroxylation is 1. The van der Waals surface area contributed by atoms with Crippen LogP contribution in [0.4, 0.5) is 0 Å². The number of likely N-dealkylation sites (N-methyl/N-ethyl adjacent to an activating group) is 1. The van der Waals surface area contributed by atoms with Gasteiger partial charge >= 0.3 is 11.8 Å². The van der Waals surface area contributed by atoms with Gasteiger partial charge in [-0.3, -0.25) is 9.59 Å². The Balaban J connectivity index is 1.62. The van der Waals surface area contributed by atoms with Gasteiger partial charge < -0.3 is 20.3 Å². The molecule has 1 aliphatic carbocycles. The standard InChI is InChI=1S/C23H28ClN3O3/c1-27(2)21(16-7-10-17(24)11-8-16)14-25-22(28)23(29)26-20-6-4-5-15-9-12-18(30-3)13-19(15)20/h7-13,20-21H,4-6,14H2,1-3H3,(H,25,28)(H,26,29). The van der Waals surface area contributed by atoms with E-state index in [1.165, 1.54) is 5.56 Å². The van der Waals surface area contributed by atoms with Crippen LogP contribution in [0.2, 0.25) is 5.02 Å². The molecule has 30 heavy (non-hydrogen) atoms. The molecule has 2 atom stereocenters. The van der Waals surface area contributed by atoms with Crippen LogP contribution in [0.1, 0.15) is 41.6 Å². The summed E-state index contributed by atoms with van der Waals surface area (Å²) in [5.41, 5.74) is 3.22. The number of carbonyl (C=O) groups is 2. The highest BCUT2D eigenvalue weighted by Gasteiger charge is 2.25. The van der Waals surface area contributed by atoms with E-state index < -0.39 is 11.8 Å². The molecule has 0 aliphatic heterocycles. The molecule has 0 heterocycles. The Kier molecular flexibility index (Phi) is 7.34. The maximum absolute atomic E-state index is 12.6. The molecule has 160 valence electrons. The number of fused-ring (bicyclic) bond motifs is 1. The fraction of sp³-hybridized carbons (Fsp3) is 0.391. The lowest BCUT2D eigenvalue weighted by atomic mass is 9.87. The van der Waals surface area contributed by atoms with Crippen LogP contribution >= 0.6 is 11.6 Å². The first kappa shape index (κ1) is 22.1. The highest BCUT2D eigenvalue weighted by molar-refractivity contribution is 6.35. The van der Waals surface area contributed by atoms with Gasteiger partial charge in [0.15, 0.2) is 0 Å². The van der Waals surface area contributed by atoms with Crippen LogP contribution in [-0.4, -0.2) is 44.5 Å². The summed E-state index contributed by atoms with van der Waals surface area (Å²) >= 11 is 5.97. The Labute approximate surface area is 182 Å². The van der Waals surface area contributed by atoms with Crippen LogP contribution in [0.3, 0.4) is 0 Å². The molecule has 2 unspecified atom stereocenters. The van der Waals surface area contributed by atoms with E-state index in [-0.39, 0.29) is 12.1 Å². The normalized spacial score (nSPS) is 16.5. The summed E-state index contributed by atoms with van der Waals surface area (Å²) in [6, 6.07) is 13.1. The smallest absolute Gasteiger partial charge is 0.309 e. The lowest BCUT2D eigenvalue weighted by Gasteiger charge is -2.27. The van der Waals surface area contributed by atoms with Gasteiger partial charge in [-0.1, -0.05) is 29.8 Å². The number of ether oxygens (including phenoxy) is 1. The molecule has 0 saturated carbocycles. The molecule has 6 nitrogen and oxygen atoms in total. The molecule has 2 aromatic rings. The number of halogens is 1. The van der Waals surface area contributed by atoms with E-state index >= 15 is 0 Å². The minimum absolute atomic E-state index is 0.0707. The van der Waals surface area contributed by atoms with Crippen molar-refractivity contribution in [3.8, 4) is 5.75 Å². The molecule has 3 rings (SSSR count). The Hall–Kier alpha value is -2.57. The number of benzene rings is 2. The van der Waals surface area contributed by atoms with Crippen LogP contribution in [0, 0.1) is 0 Å². The predicted octanol–water partition coefficient (Wildman–Crippen LogP) is 3.26. The Bertz CT molecular complexity index is 899. The summed E-state index contributed by atoms with van der Waals surface area (Å²) < 4.78 is 5.31. The minimum Gasteiger partial charge on any atom is -0.497 e. The molecule has 0 radical (unpaired) electrons. The zero-order chi connectivity index (χ0) is 21.7. The third-order valence-corrected chi connectivity index (χ3v) is 5.76. The van der Waals surface area contributed by atoms with Gasteiger partial charge in [0.1, 0.15) is 5.75 Å². The number of nitrogens with one attached hydrogen (secondary N) is 2. The molecule has 0 fully saturated rings. The van der Waals surface area contributed by atoms with Gasteiger partial charge in [0.25, 0.3) is 0 Å². The van der Waals surface area contributed by atoms with Gasteiger partial charge in [-0.2, -0.15) is 0 Å². The number of rotatable bonds is 6. The Morgan fingerprint density at radius 1 is 1.17 bits per heavy atom. The molecule has 0 spiro atoms. The first-order valence-electron chi connectivity index (χ1n) is 10.1. The van der Waals surface area contributed by atoms with E-state index in [0.717, 1.165) is 36.1 Å². The van der Waals surface area contributed by atoms with Crippen molar-refractivity contribution in [2.45, 2.75) is 31.3 Å². The number of nitrogens with zero attached hydrogens (tertiary/aromatic N) is 1. The maximum atomic E-state index is 12.6. The van der Waals surface area contributed by atoms with Crippen LogP contribution in [0.15, 0.2) is 42.5 Å². The van der Waals surface area contributed by atoms with Crippen LogP contribution < -0.4 is 15.4 Å². The van der Waals surface area contributed by atoms with E-state index in [0.29, 0.717) is 11.6 Å². The molecule has 7 heteroatoms. The lowest BCUT2D eigenvalue weighted by Crippen LogP contribution is -2.44. The number of methoxy groups -OCH3 is 1. The van der Waals surface area contributed by atoms with Crippen molar-refractivity contribution < 1.29 is 14.3 Å². The monoisotopic (exact) mass is 429 g/mol. The summed E-state index contributed by atoms with van der Waals surface area (Å²) in [5, 5.41) is 6.31. The van der Waals surface area contributed by atoms with E-state index in [2.05, 4.69) is 10.6 Å². The van der Waals surface area contributed by atoms with Crippen molar-refractivity contribution in [2.75, 3.05) is 27.7 Å². The third-order valence-electron chi connectivity index (χ3n) is 5.51. The van der Waals surface area contributed by atoms with Gasteiger partial charge in [0, 0.05) is 11.6 Å². The predicted molar refractivity (Wildman–Crippen MR) is 118 cm³/mol. The molecule has 2 aromatic carbocycles. The van der Waals surface area contributed by atoms with Crippen molar-refractivity contribution >= 4 is 23.4 Å². The highest BCUT2D eigenvalue weighted by atomic mass is 35.5. The van der Waals surface area contributed by atoms with Crippen molar-refractivity contribution in [2.24, 2.45) is 0 Å². The Morgan fingerprint density at radius 3 is 2.57 bits per heavy atom. The average molecular weight is 430 g/mol. The lowest BCUT2D eigenvalue weighted by molar-refractivity contribution is -0.139. The second-order valence-corrected chi connectivity index (χ2v) is 8.16. The molecule has 2 N–H and O–H groups in total. The maximum Gasteiger partial charge on any atom is 0.309 e. The fourth-order valence-corrected chi connectivity index (χ4v) is 3.96. The number of hydrogen-bond donors (Lipinski definition) is 2. The topological polar surface area (TPSA) is 70.7 Å². The summed E-state index contributed by atoms with van der Waals surface area (Å²) in [4.78, 5) is 27.0. The zero-order valence-corrected chi connectivity index (χ0v) is 18.3. The fourth-order valence-electron chi connectivity index (χ4n) is 3.83. The minimum atomic E-state index is -0.633. The highest BCUT2D eigenvalue weighted by Crippen LogP contribution is 2.32. The van der Waals surface area contributed by atoms with Gasteiger partial charge in [0.05, 0.1) is 19.2 Å². The summed E-state index contributed by atoms with van der Waals surface area (Å²) in [6.45, 7) is 0.315. The van der Waals surface area contributed by atoms with Crippen molar-refractivity contribution in [1.82, 2.24) is 15.5 Å². The average Bonchev–Trinajstić information content (AvgIpc) is 2.74. The van der Waals surface area contributed by atoms with E-state index in [4.69, 9.17) is 16.3 Å². The second kappa shape index (κ2) is 9.96. The van der Waals surface area contributed by atoms with E-state index in [9.17, 15) is 9.59 Å². The van der Waals surface area contributed by atoms with E-state index in [1.807, 2.05) is 61.5 Å². The third kappa shape index (κ3) is 5.32. The van der Waals surface area contributed by atoms with Gasteiger partial charge in [-0.15, -0.1) is 0 Å². The molecule has 0 aromatic heterocycles. The van der Waals surface area contributed by atoms with Crippen LogP contribution in [0.5, 0.6) is 5.75 Å². The van der Waals surface area contributed by atoms with Crippen molar-refractivity contribution in [3.63, 3.8) is 0 Å². The molecular weight excluding hydrogens is 402 g/mol. The number of carbonyl (C=O) groups excluding carboxylic acids is 2. The largest absolute Gasteiger partial charge is 0.497 e. The van der Waals surface area contributed by atoms with E-state index in [1.54, 1.807) is 7.11 Å². The molecule has 0 saturated heterocycles. The number of hydrogen-bond acceptors (Lipinski definition) is 4. The molecular formula is C23H28ClN3O3. The first-order chi connectivity index (χ1) is 14.4. The molecule has 1 aliphatic rings. The van der Waals surface area contributed by atoms with Crippen molar-refractivity contribution in [3.05, 3.63) is 64.2 Å².